The smallest absolute Gasteiger partial charge is 0.140 e. The molecule has 0 saturated heterocycles. The summed E-state index contributed by atoms with van der Waals surface area (Å²) in [6.45, 7) is 4.10. The van der Waals surface area contributed by atoms with Crippen LogP contribution < -0.4 is 0 Å². The molecule has 31 heavy (non-hydrogen) atoms. The molecule has 1 heterocycles. The lowest BCUT2D eigenvalue weighted by Crippen LogP contribution is -1.96. The summed E-state index contributed by atoms with van der Waals surface area (Å²) in [5, 5.41) is 0. The monoisotopic (exact) mass is 406 g/mol. The largest absolute Gasteiger partial charge is 0.327 e. The van der Waals surface area contributed by atoms with Crippen LogP contribution in [-0.4, -0.2) is 9.55 Å². The highest BCUT2D eigenvalue weighted by Crippen LogP contribution is 2.36. The molecule has 0 spiro atoms. The van der Waals surface area contributed by atoms with E-state index in [9.17, 15) is 0 Å². The Morgan fingerprint density at radius 1 is 0.710 bits per heavy atom. The van der Waals surface area contributed by atoms with Gasteiger partial charge in [-0.2, -0.15) is 0 Å². The van der Waals surface area contributed by atoms with Crippen molar-refractivity contribution in [3.05, 3.63) is 102 Å². The van der Waals surface area contributed by atoms with E-state index in [0.717, 1.165) is 50.2 Å². The van der Waals surface area contributed by atoms with E-state index in [4.69, 9.17) is 4.98 Å². The Bertz CT molecular complexity index is 1390. The molecule has 0 bridgehead atoms. The number of fused-ring (bicyclic) bond motifs is 1. The molecule has 0 aliphatic rings. The molecule has 152 valence electrons. The Morgan fingerprint density at radius 3 is 2.10 bits per heavy atom. The normalized spacial score (nSPS) is 11.2. The van der Waals surface area contributed by atoms with Crippen LogP contribution in [0.4, 0.5) is 4.39 Å². The summed E-state index contributed by atoms with van der Waals surface area (Å²) in [7, 11) is 2.00. The van der Waals surface area contributed by atoms with Crippen molar-refractivity contribution in [2.24, 2.45) is 7.05 Å². The molecule has 0 N–H and O–H groups in total. The first-order chi connectivity index (χ1) is 15.0. The fraction of sp³-hybridized carbons (Fsp3) is 0.107. The maximum atomic E-state index is 15.0. The lowest BCUT2D eigenvalue weighted by molar-refractivity contribution is 0.631. The minimum absolute atomic E-state index is 0.221. The van der Waals surface area contributed by atoms with Gasteiger partial charge in [-0.1, -0.05) is 54.6 Å². The Labute approximate surface area is 181 Å². The number of hydrogen-bond acceptors (Lipinski definition) is 1. The van der Waals surface area contributed by atoms with E-state index >= 15 is 4.39 Å². The van der Waals surface area contributed by atoms with Gasteiger partial charge in [0, 0.05) is 18.2 Å². The highest BCUT2D eigenvalue weighted by molar-refractivity contribution is 5.83. The average Bonchev–Trinajstić information content (AvgIpc) is 3.12. The number of aryl methyl sites for hydroxylation is 3. The Morgan fingerprint density at radius 2 is 1.39 bits per heavy atom. The van der Waals surface area contributed by atoms with Gasteiger partial charge in [-0.3, -0.25) is 0 Å². The molecule has 0 radical (unpaired) electrons. The molecule has 4 aromatic carbocycles. The van der Waals surface area contributed by atoms with Crippen LogP contribution >= 0.6 is 0 Å². The van der Waals surface area contributed by atoms with E-state index in [-0.39, 0.29) is 5.82 Å². The zero-order chi connectivity index (χ0) is 21.5. The van der Waals surface area contributed by atoms with Crippen LogP contribution in [-0.2, 0) is 7.05 Å². The Hall–Kier alpha value is -3.72. The fourth-order valence-electron chi connectivity index (χ4n) is 4.45. The first-order valence-corrected chi connectivity index (χ1v) is 10.4. The maximum absolute atomic E-state index is 15.0. The van der Waals surface area contributed by atoms with E-state index in [1.807, 2.05) is 61.6 Å². The van der Waals surface area contributed by atoms with Crippen LogP contribution in [0.5, 0.6) is 0 Å². The predicted octanol–water partition coefficient (Wildman–Crippen LogP) is 7.33. The van der Waals surface area contributed by atoms with Crippen molar-refractivity contribution in [1.82, 2.24) is 9.55 Å². The van der Waals surface area contributed by atoms with Gasteiger partial charge in [0.15, 0.2) is 0 Å². The summed E-state index contributed by atoms with van der Waals surface area (Å²) < 4.78 is 17.1. The molecule has 0 fully saturated rings. The van der Waals surface area contributed by atoms with Gasteiger partial charge in [-0.25, -0.2) is 9.37 Å². The second kappa shape index (κ2) is 7.51. The van der Waals surface area contributed by atoms with Crippen molar-refractivity contribution >= 4 is 11.0 Å². The van der Waals surface area contributed by atoms with Gasteiger partial charge in [0.25, 0.3) is 0 Å². The Balaban J connectivity index is 1.65. The zero-order valence-corrected chi connectivity index (χ0v) is 17.9. The second-order valence-corrected chi connectivity index (χ2v) is 8.03. The third kappa shape index (κ3) is 3.32. The molecule has 0 unspecified atom stereocenters. The van der Waals surface area contributed by atoms with Crippen molar-refractivity contribution in [1.29, 1.82) is 0 Å². The lowest BCUT2D eigenvalue weighted by atomic mass is 9.90. The summed E-state index contributed by atoms with van der Waals surface area (Å²) in [6.07, 6.45) is 0. The zero-order valence-electron chi connectivity index (χ0n) is 17.9. The lowest BCUT2D eigenvalue weighted by Gasteiger charge is -2.15. The topological polar surface area (TPSA) is 17.8 Å². The van der Waals surface area contributed by atoms with Crippen molar-refractivity contribution in [3.8, 4) is 33.6 Å². The second-order valence-electron chi connectivity index (χ2n) is 8.03. The van der Waals surface area contributed by atoms with Gasteiger partial charge in [0.05, 0.1) is 11.0 Å². The number of benzene rings is 4. The van der Waals surface area contributed by atoms with Gasteiger partial charge < -0.3 is 4.57 Å². The third-order valence-electron chi connectivity index (χ3n) is 5.92. The first kappa shape index (κ1) is 19.3. The van der Waals surface area contributed by atoms with E-state index < -0.39 is 0 Å². The third-order valence-corrected chi connectivity index (χ3v) is 5.92. The summed E-state index contributed by atoms with van der Waals surface area (Å²) in [5.74, 6) is 0.611. The number of nitrogens with zero attached hydrogens (tertiary/aromatic N) is 2. The van der Waals surface area contributed by atoms with Crippen LogP contribution in [0.3, 0.4) is 0 Å². The van der Waals surface area contributed by atoms with Crippen LogP contribution in [0.25, 0.3) is 44.7 Å². The number of halogens is 1. The number of rotatable bonds is 3. The predicted molar refractivity (Wildman–Crippen MR) is 126 cm³/mol. The summed E-state index contributed by atoms with van der Waals surface area (Å²) in [4.78, 5) is 4.79. The van der Waals surface area contributed by atoms with Gasteiger partial charge in [-0.05, 0) is 72.0 Å². The molecule has 0 amide bonds. The van der Waals surface area contributed by atoms with Crippen molar-refractivity contribution in [2.75, 3.05) is 0 Å². The molecule has 5 rings (SSSR count). The number of hydrogen-bond donors (Lipinski definition) is 0. The van der Waals surface area contributed by atoms with Gasteiger partial charge >= 0.3 is 0 Å². The summed E-state index contributed by atoms with van der Waals surface area (Å²) in [5.41, 5.74) is 8.87. The molecule has 0 saturated carbocycles. The van der Waals surface area contributed by atoms with Crippen molar-refractivity contribution in [2.45, 2.75) is 13.8 Å². The van der Waals surface area contributed by atoms with Crippen molar-refractivity contribution in [3.63, 3.8) is 0 Å². The fourth-order valence-corrected chi connectivity index (χ4v) is 4.45. The molecular formula is C28H23FN2. The van der Waals surface area contributed by atoms with Crippen LogP contribution in [0.15, 0.2) is 84.9 Å². The maximum Gasteiger partial charge on any atom is 0.140 e. The van der Waals surface area contributed by atoms with E-state index in [1.165, 1.54) is 0 Å². The average molecular weight is 407 g/mol. The molecule has 0 aliphatic heterocycles. The molecule has 2 nitrogen and oxygen atoms in total. The first-order valence-electron chi connectivity index (χ1n) is 10.4. The molecule has 0 aliphatic carbocycles. The van der Waals surface area contributed by atoms with Crippen molar-refractivity contribution < 1.29 is 4.39 Å². The van der Waals surface area contributed by atoms with E-state index in [0.29, 0.717) is 5.56 Å². The molecular weight excluding hydrogens is 383 g/mol. The minimum Gasteiger partial charge on any atom is -0.327 e. The summed E-state index contributed by atoms with van der Waals surface area (Å²) >= 11 is 0. The molecule has 3 heteroatoms. The molecule has 0 atom stereocenters. The van der Waals surface area contributed by atoms with Gasteiger partial charge in [0.2, 0.25) is 0 Å². The van der Waals surface area contributed by atoms with E-state index in [2.05, 4.69) is 42.7 Å². The number of para-hydroxylation sites is 2. The van der Waals surface area contributed by atoms with Crippen LogP contribution in [0.2, 0.25) is 0 Å². The Kier molecular flexibility index (Phi) is 4.67. The molecule has 5 aromatic rings. The number of imidazole rings is 1. The van der Waals surface area contributed by atoms with Gasteiger partial charge in [-0.15, -0.1) is 0 Å². The standard InChI is InChI=1S/C28H23FN2/c1-18-15-22(20-9-5-4-6-10-20)16-19(2)27(18)23-17-21(13-14-24(23)29)28-30-25-11-7-8-12-26(25)31(28)3/h4-17H,1-3H3. The molecule has 1 aromatic heterocycles. The quantitative estimate of drug-likeness (QED) is 0.307. The SMILES string of the molecule is Cc1cc(-c2ccccc2)cc(C)c1-c1cc(-c2nc3ccccc3n2C)ccc1F. The van der Waals surface area contributed by atoms with E-state index in [1.54, 1.807) is 6.07 Å². The number of aromatic nitrogens is 2. The van der Waals surface area contributed by atoms with Crippen LogP contribution in [0.1, 0.15) is 11.1 Å². The highest BCUT2D eigenvalue weighted by Gasteiger charge is 2.16. The van der Waals surface area contributed by atoms with Crippen LogP contribution in [0, 0.1) is 19.7 Å². The minimum atomic E-state index is -0.221. The summed E-state index contributed by atoms with van der Waals surface area (Å²) in [6, 6.07) is 27.9. The highest BCUT2D eigenvalue weighted by atomic mass is 19.1. The van der Waals surface area contributed by atoms with Gasteiger partial charge in [0.1, 0.15) is 11.6 Å².